The van der Waals surface area contributed by atoms with E-state index in [1.54, 1.807) is 4.90 Å². The minimum Gasteiger partial charge on any atom is -0.503 e. The molecule has 0 spiro atoms. The summed E-state index contributed by atoms with van der Waals surface area (Å²) in [6.45, 7) is 7.16. The highest BCUT2D eigenvalue weighted by atomic mass is 16.5. The molecule has 1 unspecified atom stereocenters. The number of aliphatic hydroxyl groups is 1. The summed E-state index contributed by atoms with van der Waals surface area (Å²) in [5.74, 6) is -0.0369. The lowest BCUT2D eigenvalue weighted by atomic mass is 9.93. The molecule has 1 aliphatic rings. The number of aliphatic hydroxyl groups excluding tert-OH is 1. The molecular weight excluding hydrogens is 390 g/mol. The Labute approximate surface area is 184 Å². The van der Waals surface area contributed by atoms with Crippen LogP contribution in [0.2, 0.25) is 0 Å². The summed E-state index contributed by atoms with van der Waals surface area (Å²) < 4.78 is 5.85. The molecule has 1 atom stereocenters. The second-order valence-electron chi connectivity index (χ2n) is 8.35. The van der Waals surface area contributed by atoms with Crippen molar-refractivity contribution >= 4 is 11.7 Å². The van der Waals surface area contributed by atoms with Crippen LogP contribution in [0.3, 0.4) is 0 Å². The molecule has 2 aromatic carbocycles. The molecule has 5 heteroatoms. The van der Waals surface area contributed by atoms with Crippen LogP contribution in [-0.2, 0) is 16.0 Å². The van der Waals surface area contributed by atoms with Crippen LogP contribution in [0.25, 0.3) is 0 Å². The highest BCUT2D eigenvalue weighted by Crippen LogP contribution is 2.39. The number of Topliss-reactive ketones (excluding diaryl/α,β-unsaturated/α-hetero) is 1. The Morgan fingerprint density at radius 2 is 1.87 bits per heavy atom. The van der Waals surface area contributed by atoms with Gasteiger partial charge in [0.05, 0.1) is 18.2 Å². The normalized spacial score (nSPS) is 16.3. The first-order valence-electron chi connectivity index (χ1n) is 11.0. The van der Waals surface area contributed by atoms with E-state index >= 15 is 0 Å². The third kappa shape index (κ3) is 5.35. The quantitative estimate of drug-likeness (QED) is 0.584. The molecule has 1 N–H and O–H groups in total. The Morgan fingerprint density at radius 1 is 1.13 bits per heavy atom. The van der Waals surface area contributed by atoms with Crippen LogP contribution in [0.1, 0.15) is 50.8 Å². The standard InChI is InChI=1S/C26H31NO4/c1-4-15-27-24(20-11-8-12-21(16-20)31-17-18(2)3)23(25(29)26(27)30)22(28)14-13-19-9-6-5-7-10-19/h5-12,16,18,24,29H,4,13-15,17H2,1-3H3. The average Bonchev–Trinajstić information content (AvgIpc) is 3.02. The van der Waals surface area contributed by atoms with E-state index in [4.69, 9.17) is 4.74 Å². The molecule has 0 aliphatic carbocycles. The minimum absolute atomic E-state index is 0.190. The number of nitrogens with zero attached hydrogens (tertiary/aromatic N) is 1. The van der Waals surface area contributed by atoms with Crippen molar-refractivity contribution < 1.29 is 19.4 Å². The number of rotatable bonds is 10. The first-order chi connectivity index (χ1) is 14.9. The van der Waals surface area contributed by atoms with E-state index in [0.717, 1.165) is 17.5 Å². The van der Waals surface area contributed by atoms with E-state index in [2.05, 4.69) is 13.8 Å². The van der Waals surface area contributed by atoms with Gasteiger partial charge in [0.15, 0.2) is 11.5 Å². The van der Waals surface area contributed by atoms with Crippen molar-refractivity contribution in [3.8, 4) is 5.75 Å². The van der Waals surface area contributed by atoms with Crippen LogP contribution >= 0.6 is 0 Å². The molecule has 1 heterocycles. The van der Waals surface area contributed by atoms with Crippen LogP contribution in [-0.4, -0.2) is 34.8 Å². The van der Waals surface area contributed by atoms with Crippen molar-refractivity contribution in [2.75, 3.05) is 13.2 Å². The summed E-state index contributed by atoms with van der Waals surface area (Å²) in [6.07, 6.45) is 1.52. The zero-order valence-corrected chi connectivity index (χ0v) is 18.5. The fourth-order valence-electron chi connectivity index (χ4n) is 3.83. The van der Waals surface area contributed by atoms with Crippen LogP contribution in [0.4, 0.5) is 0 Å². The molecule has 3 rings (SSSR count). The number of carbonyl (C=O) groups is 2. The maximum absolute atomic E-state index is 13.2. The molecule has 0 saturated heterocycles. The van der Waals surface area contributed by atoms with Gasteiger partial charge < -0.3 is 14.7 Å². The maximum Gasteiger partial charge on any atom is 0.290 e. The van der Waals surface area contributed by atoms with Crippen molar-refractivity contribution in [3.05, 3.63) is 77.1 Å². The second kappa shape index (κ2) is 10.3. The van der Waals surface area contributed by atoms with Gasteiger partial charge in [-0.05, 0) is 42.0 Å². The van der Waals surface area contributed by atoms with Gasteiger partial charge in [-0.3, -0.25) is 9.59 Å². The minimum atomic E-state index is -0.599. The molecule has 31 heavy (non-hydrogen) atoms. The monoisotopic (exact) mass is 421 g/mol. The molecule has 0 radical (unpaired) electrons. The number of ketones is 1. The first-order valence-corrected chi connectivity index (χ1v) is 11.0. The highest BCUT2D eigenvalue weighted by molar-refractivity contribution is 6.09. The third-order valence-corrected chi connectivity index (χ3v) is 5.31. The van der Waals surface area contributed by atoms with Gasteiger partial charge in [0, 0.05) is 13.0 Å². The van der Waals surface area contributed by atoms with E-state index in [-0.39, 0.29) is 17.8 Å². The van der Waals surface area contributed by atoms with Gasteiger partial charge in [-0.25, -0.2) is 0 Å². The summed E-state index contributed by atoms with van der Waals surface area (Å²) in [6, 6.07) is 16.6. The lowest BCUT2D eigenvalue weighted by Crippen LogP contribution is -2.31. The SMILES string of the molecule is CCCN1C(=O)C(O)=C(C(=O)CCc2ccccc2)C1c1cccc(OCC(C)C)c1. The summed E-state index contributed by atoms with van der Waals surface area (Å²) >= 11 is 0. The summed E-state index contributed by atoms with van der Waals surface area (Å²) in [5, 5.41) is 10.6. The van der Waals surface area contributed by atoms with Crippen LogP contribution in [0.15, 0.2) is 65.9 Å². The largest absolute Gasteiger partial charge is 0.503 e. The molecule has 2 aromatic rings. The van der Waals surface area contributed by atoms with Crippen molar-refractivity contribution in [1.82, 2.24) is 4.90 Å². The summed E-state index contributed by atoms with van der Waals surface area (Å²) in [7, 11) is 0. The maximum atomic E-state index is 13.2. The number of amides is 1. The Kier molecular flexibility index (Phi) is 7.50. The highest BCUT2D eigenvalue weighted by Gasteiger charge is 2.42. The third-order valence-electron chi connectivity index (χ3n) is 5.31. The summed E-state index contributed by atoms with van der Waals surface area (Å²) in [4.78, 5) is 27.6. The Balaban J connectivity index is 1.89. The van der Waals surface area contributed by atoms with Crippen molar-refractivity contribution in [2.24, 2.45) is 5.92 Å². The van der Waals surface area contributed by atoms with E-state index in [0.29, 0.717) is 31.2 Å². The lowest BCUT2D eigenvalue weighted by molar-refractivity contribution is -0.129. The Hall–Kier alpha value is -3.08. The molecule has 5 nitrogen and oxygen atoms in total. The van der Waals surface area contributed by atoms with Gasteiger partial charge in [0.2, 0.25) is 0 Å². The molecule has 1 aliphatic heterocycles. The number of hydrogen-bond acceptors (Lipinski definition) is 4. The van der Waals surface area contributed by atoms with Gasteiger partial charge in [-0.1, -0.05) is 63.2 Å². The smallest absolute Gasteiger partial charge is 0.290 e. The van der Waals surface area contributed by atoms with Crippen LogP contribution in [0.5, 0.6) is 5.75 Å². The molecule has 0 bridgehead atoms. The number of carbonyl (C=O) groups excluding carboxylic acids is 2. The number of benzene rings is 2. The Bertz CT molecular complexity index is 949. The van der Waals surface area contributed by atoms with Gasteiger partial charge in [0.25, 0.3) is 5.91 Å². The first kappa shape index (κ1) is 22.6. The molecule has 0 fully saturated rings. The van der Waals surface area contributed by atoms with E-state index < -0.39 is 17.7 Å². The van der Waals surface area contributed by atoms with Gasteiger partial charge in [-0.2, -0.15) is 0 Å². The molecule has 1 amide bonds. The fraction of sp³-hybridized carbons (Fsp3) is 0.385. The van der Waals surface area contributed by atoms with E-state index in [1.807, 2.05) is 61.5 Å². The van der Waals surface area contributed by atoms with Crippen molar-refractivity contribution in [3.63, 3.8) is 0 Å². The van der Waals surface area contributed by atoms with Gasteiger partial charge in [0.1, 0.15) is 5.75 Å². The fourth-order valence-corrected chi connectivity index (χ4v) is 3.83. The predicted molar refractivity (Wildman–Crippen MR) is 121 cm³/mol. The van der Waals surface area contributed by atoms with Gasteiger partial charge in [-0.15, -0.1) is 0 Å². The zero-order chi connectivity index (χ0) is 22.4. The molecule has 0 saturated carbocycles. The van der Waals surface area contributed by atoms with Crippen molar-refractivity contribution in [1.29, 1.82) is 0 Å². The average molecular weight is 422 g/mol. The van der Waals surface area contributed by atoms with Gasteiger partial charge >= 0.3 is 0 Å². The lowest BCUT2D eigenvalue weighted by Gasteiger charge is -2.27. The number of hydrogen-bond donors (Lipinski definition) is 1. The Morgan fingerprint density at radius 3 is 2.55 bits per heavy atom. The van der Waals surface area contributed by atoms with Crippen LogP contribution in [0, 0.1) is 5.92 Å². The predicted octanol–water partition coefficient (Wildman–Crippen LogP) is 5.03. The van der Waals surface area contributed by atoms with E-state index in [9.17, 15) is 14.7 Å². The van der Waals surface area contributed by atoms with E-state index in [1.165, 1.54) is 0 Å². The van der Waals surface area contributed by atoms with Crippen LogP contribution < -0.4 is 4.74 Å². The molecule has 164 valence electrons. The topological polar surface area (TPSA) is 66.8 Å². The molecule has 0 aromatic heterocycles. The summed E-state index contributed by atoms with van der Waals surface area (Å²) in [5.41, 5.74) is 2.01. The number of aryl methyl sites for hydroxylation is 1. The molecular formula is C26H31NO4. The second-order valence-corrected chi connectivity index (χ2v) is 8.35. The zero-order valence-electron chi connectivity index (χ0n) is 18.5. The number of ether oxygens (including phenoxy) is 1. The van der Waals surface area contributed by atoms with Crippen molar-refractivity contribution in [2.45, 2.75) is 46.1 Å².